The van der Waals surface area contributed by atoms with Crippen LogP contribution < -0.4 is 4.90 Å². The summed E-state index contributed by atoms with van der Waals surface area (Å²) < 4.78 is 5.21. The van der Waals surface area contributed by atoms with Crippen LogP contribution in [-0.4, -0.2) is 23.1 Å². The predicted octanol–water partition coefficient (Wildman–Crippen LogP) is 2.66. The molecule has 0 aliphatic rings. The minimum Gasteiger partial charge on any atom is -0.478 e. The third kappa shape index (κ3) is 2.81. The zero-order valence-electron chi connectivity index (χ0n) is 9.63. The topological polar surface area (TPSA) is 66.6 Å². The van der Waals surface area contributed by atoms with Crippen molar-refractivity contribution in [2.24, 2.45) is 0 Å². The summed E-state index contributed by atoms with van der Waals surface area (Å²) >= 11 is 5.80. The lowest BCUT2D eigenvalue weighted by Gasteiger charge is -2.17. The van der Waals surface area contributed by atoms with E-state index in [1.165, 1.54) is 12.1 Å². The zero-order chi connectivity index (χ0) is 13.1. The fourth-order valence-corrected chi connectivity index (χ4v) is 1.72. The number of hydrogen-bond acceptors (Lipinski definition) is 4. The maximum atomic E-state index is 10.9. The van der Waals surface area contributed by atoms with Gasteiger partial charge in [-0.1, -0.05) is 11.6 Å². The van der Waals surface area contributed by atoms with E-state index < -0.39 is 5.97 Å². The number of aromatic carboxylic acids is 1. The third-order valence-electron chi connectivity index (χ3n) is 2.39. The molecule has 0 amide bonds. The van der Waals surface area contributed by atoms with Crippen molar-refractivity contribution in [3.8, 4) is 0 Å². The molecule has 0 aliphatic carbocycles. The number of carboxylic acids is 1. The molecule has 2 aromatic rings. The van der Waals surface area contributed by atoms with Gasteiger partial charge >= 0.3 is 5.97 Å². The Morgan fingerprint density at radius 2 is 2.33 bits per heavy atom. The highest BCUT2D eigenvalue weighted by molar-refractivity contribution is 6.29. The van der Waals surface area contributed by atoms with Crippen molar-refractivity contribution in [2.45, 2.75) is 6.54 Å². The fraction of sp³-hybridized carbons (Fsp3) is 0.167. The predicted molar refractivity (Wildman–Crippen MR) is 67.0 cm³/mol. The Bertz CT molecular complexity index is 554. The molecule has 0 radical (unpaired) electrons. The zero-order valence-corrected chi connectivity index (χ0v) is 10.4. The summed E-state index contributed by atoms with van der Waals surface area (Å²) in [5.41, 5.74) is 0.108. The molecule has 0 aliphatic heterocycles. The van der Waals surface area contributed by atoms with Gasteiger partial charge in [-0.2, -0.15) is 0 Å². The van der Waals surface area contributed by atoms with Crippen LogP contribution in [0, 0.1) is 0 Å². The van der Waals surface area contributed by atoms with E-state index in [4.69, 9.17) is 21.1 Å². The molecule has 2 rings (SSSR count). The van der Waals surface area contributed by atoms with Crippen LogP contribution in [0.4, 0.5) is 5.82 Å². The minimum absolute atomic E-state index is 0.108. The standard InChI is InChI=1S/C12H11ClN2O3/c1-15(7-9-3-2-4-18-9)11-6-8(12(16)17)5-10(13)14-11/h2-6H,7H2,1H3,(H,16,17). The average Bonchev–Trinajstić information content (AvgIpc) is 2.80. The fourth-order valence-electron chi connectivity index (χ4n) is 1.52. The van der Waals surface area contributed by atoms with Crippen LogP contribution in [-0.2, 0) is 6.54 Å². The van der Waals surface area contributed by atoms with Gasteiger partial charge in [0.15, 0.2) is 0 Å². The van der Waals surface area contributed by atoms with Gasteiger partial charge < -0.3 is 14.4 Å². The molecule has 0 aromatic carbocycles. The molecule has 0 fully saturated rings. The van der Waals surface area contributed by atoms with E-state index in [1.807, 2.05) is 6.07 Å². The molecule has 0 spiro atoms. The molecule has 1 N–H and O–H groups in total. The first-order valence-electron chi connectivity index (χ1n) is 5.20. The summed E-state index contributed by atoms with van der Waals surface area (Å²) in [6.45, 7) is 0.486. The van der Waals surface area contributed by atoms with Gasteiger partial charge in [0.25, 0.3) is 0 Å². The summed E-state index contributed by atoms with van der Waals surface area (Å²) in [5, 5.41) is 9.10. The molecule has 0 atom stereocenters. The minimum atomic E-state index is -1.04. The van der Waals surface area contributed by atoms with E-state index in [2.05, 4.69) is 4.98 Å². The van der Waals surface area contributed by atoms with Crippen molar-refractivity contribution < 1.29 is 14.3 Å². The van der Waals surface area contributed by atoms with Crippen molar-refractivity contribution in [3.63, 3.8) is 0 Å². The Morgan fingerprint density at radius 1 is 1.56 bits per heavy atom. The smallest absolute Gasteiger partial charge is 0.335 e. The van der Waals surface area contributed by atoms with Crippen molar-refractivity contribution >= 4 is 23.4 Å². The second-order valence-corrected chi connectivity index (χ2v) is 4.16. The highest BCUT2D eigenvalue weighted by atomic mass is 35.5. The molecule has 94 valence electrons. The van der Waals surface area contributed by atoms with Crippen LogP contribution in [0.5, 0.6) is 0 Å². The number of pyridine rings is 1. The summed E-state index contributed by atoms with van der Waals surface area (Å²) in [6.07, 6.45) is 1.58. The second-order valence-electron chi connectivity index (χ2n) is 3.78. The molecule has 5 nitrogen and oxygen atoms in total. The number of anilines is 1. The monoisotopic (exact) mass is 266 g/mol. The lowest BCUT2D eigenvalue weighted by Crippen LogP contribution is -2.18. The molecule has 2 aromatic heterocycles. The molecular weight excluding hydrogens is 256 g/mol. The van der Waals surface area contributed by atoms with Crippen LogP contribution in [0.3, 0.4) is 0 Å². The van der Waals surface area contributed by atoms with Crippen molar-refractivity contribution in [2.75, 3.05) is 11.9 Å². The van der Waals surface area contributed by atoms with Gasteiger partial charge in [0.2, 0.25) is 0 Å². The summed E-state index contributed by atoms with van der Waals surface area (Å²) in [6, 6.07) is 6.40. The first-order chi connectivity index (χ1) is 8.56. The quantitative estimate of drug-likeness (QED) is 0.862. The van der Waals surface area contributed by atoms with E-state index in [1.54, 1.807) is 24.3 Å². The molecular formula is C12H11ClN2O3. The maximum absolute atomic E-state index is 10.9. The summed E-state index contributed by atoms with van der Waals surface area (Å²) in [7, 11) is 1.78. The first-order valence-corrected chi connectivity index (χ1v) is 5.58. The SMILES string of the molecule is CN(Cc1ccco1)c1cc(C(=O)O)cc(Cl)n1. The Kier molecular flexibility index (Phi) is 3.53. The Labute approximate surface area is 109 Å². The van der Waals surface area contributed by atoms with Crippen LogP contribution in [0.15, 0.2) is 34.9 Å². The number of nitrogens with zero attached hydrogens (tertiary/aromatic N) is 2. The van der Waals surface area contributed by atoms with E-state index in [-0.39, 0.29) is 10.7 Å². The van der Waals surface area contributed by atoms with Crippen LogP contribution in [0.2, 0.25) is 5.15 Å². The highest BCUT2D eigenvalue weighted by Gasteiger charge is 2.11. The second kappa shape index (κ2) is 5.10. The molecule has 0 unspecified atom stereocenters. The molecule has 0 bridgehead atoms. The number of carbonyl (C=O) groups is 1. The maximum Gasteiger partial charge on any atom is 0.335 e. The lowest BCUT2D eigenvalue weighted by atomic mass is 10.2. The van der Waals surface area contributed by atoms with Crippen LogP contribution in [0.1, 0.15) is 16.1 Å². The van der Waals surface area contributed by atoms with Gasteiger partial charge in [-0.3, -0.25) is 0 Å². The van der Waals surface area contributed by atoms with Gasteiger partial charge in [-0.25, -0.2) is 9.78 Å². The van der Waals surface area contributed by atoms with E-state index in [9.17, 15) is 4.79 Å². The van der Waals surface area contributed by atoms with Gasteiger partial charge in [0.05, 0.1) is 18.4 Å². The largest absolute Gasteiger partial charge is 0.478 e. The Hall–Kier alpha value is -2.01. The van der Waals surface area contributed by atoms with E-state index >= 15 is 0 Å². The molecule has 0 saturated carbocycles. The molecule has 0 saturated heterocycles. The molecule has 2 heterocycles. The summed E-state index contributed by atoms with van der Waals surface area (Å²) in [4.78, 5) is 16.8. The normalized spacial score (nSPS) is 10.3. The number of carboxylic acid groups (broad SMARTS) is 1. The van der Waals surface area contributed by atoms with Gasteiger partial charge in [0.1, 0.15) is 16.7 Å². The average molecular weight is 267 g/mol. The number of aromatic nitrogens is 1. The van der Waals surface area contributed by atoms with Gasteiger partial charge in [-0.15, -0.1) is 0 Å². The number of halogens is 1. The van der Waals surface area contributed by atoms with Gasteiger partial charge in [-0.05, 0) is 24.3 Å². The van der Waals surface area contributed by atoms with Crippen molar-refractivity contribution in [3.05, 3.63) is 47.0 Å². The Morgan fingerprint density at radius 3 is 2.94 bits per heavy atom. The first kappa shape index (κ1) is 12.4. The van der Waals surface area contributed by atoms with Crippen LogP contribution >= 0.6 is 11.6 Å². The molecule has 18 heavy (non-hydrogen) atoms. The highest BCUT2D eigenvalue weighted by Crippen LogP contribution is 2.19. The van der Waals surface area contributed by atoms with Gasteiger partial charge in [0, 0.05) is 7.05 Å². The van der Waals surface area contributed by atoms with Crippen molar-refractivity contribution in [1.29, 1.82) is 0 Å². The molecule has 6 heteroatoms. The number of furan rings is 1. The van der Waals surface area contributed by atoms with Crippen molar-refractivity contribution in [1.82, 2.24) is 4.98 Å². The summed E-state index contributed by atoms with van der Waals surface area (Å²) in [5.74, 6) is 0.208. The lowest BCUT2D eigenvalue weighted by molar-refractivity contribution is 0.0697. The van der Waals surface area contributed by atoms with Crippen LogP contribution in [0.25, 0.3) is 0 Å². The van der Waals surface area contributed by atoms with E-state index in [0.29, 0.717) is 12.4 Å². The third-order valence-corrected chi connectivity index (χ3v) is 2.59. The Balaban J connectivity index is 2.24. The number of rotatable bonds is 4. The van der Waals surface area contributed by atoms with E-state index in [0.717, 1.165) is 5.76 Å². The number of hydrogen-bond donors (Lipinski definition) is 1.